The summed E-state index contributed by atoms with van der Waals surface area (Å²) in [7, 11) is 2.04. The molecule has 3 heterocycles. The van der Waals surface area contributed by atoms with Crippen LogP contribution in [0.15, 0.2) is 24.3 Å². The van der Waals surface area contributed by atoms with Gasteiger partial charge in [-0.3, -0.25) is 9.78 Å². The number of benzene rings is 1. The normalized spacial score (nSPS) is 20.9. The van der Waals surface area contributed by atoms with Gasteiger partial charge in [-0.05, 0) is 38.8 Å². The van der Waals surface area contributed by atoms with Crippen LogP contribution in [-0.4, -0.2) is 59.4 Å². The summed E-state index contributed by atoms with van der Waals surface area (Å²) < 4.78 is 5.72. The molecule has 1 aromatic carbocycles. The van der Waals surface area contributed by atoms with E-state index in [1.54, 1.807) is 6.92 Å². The number of amides is 1. The quantitative estimate of drug-likeness (QED) is 0.748. The van der Waals surface area contributed by atoms with Gasteiger partial charge in [0.25, 0.3) is 5.91 Å². The Morgan fingerprint density at radius 3 is 2.83 bits per heavy atom. The zero-order valence-corrected chi connectivity index (χ0v) is 17.5. The Morgan fingerprint density at radius 1 is 1.24 bits per heavy atom. The fraction of sp³-hybridized carbons (Fsp3) is 0.522. The largest absolute Gasteiger partial charge is 0.449 e. The minimum absolute atomic E-state index is 0.103. The van der Waals surface area contributed by atoms with E-state index in [4.69, 9.17) is 9.72 Å². The standard InChI is InChI=1S/C23H29N3O3/c1-15-7-6-11-26(13-15)22(27)16(2)29-23(28)21-17-8-4-5-9-19(17)24-20-10-12-25(3)14-18(20)21/h4-5,8-9,15-16H,6-7,10-14H2,1-3H3/t15-,16+/m0/s1. The Kier molecular flexibility index (Phi) is 5.54. The number of rotatable bonds is 3. The molecule has 2 aromatic rings. The van der Waals surface area contributed by atoms with Crippen molar-refractivity contribution in [1.82, 2.24) is 14.8 Å². The van der Waals surface area contributed by atoms with Crippen molar-refractivity contribution in [2.75, 3.05) is 26.7 Å². The Hall–Kier alpha value is -2.47. The van der Waals surface area contributed by atoms with Crippen LogP contribution < -0.4 is 0 Å². The molecule has 4 rings (SSSR count). The molecule has 0 spiro atoms. The first-order chi connectivity index (χ1) is 13.9. The number of nitrogens with zero attached hydrogens (tertiary/aromatic N) is 3. The maximum atomic E-state index is 13.3. The SMILES string of the molecule is C[C@H]1CCCN(C(=O)[C@@H](C)OC(=O)c2c3c(nc4ccccc24)CCN(C)C3)C1. The van der Waals surface area contributed by atoms with Crippen molar-refractivity contribution in [1.29, 1.82) is 0 Å². The lowest BCUT2D eigenvalue weighted by atomic mass is 9.96. The number of piperidine rings is 1. The number of fused-ring (bicyclic) bond motifs is 2. The van der Waals surface area contributed by atoms with Crippen molar-refractivity contribution >= 4 is 22.8 Å². The van der Waals surface area contributed by atoms with Crippen molar-refractivity contribution in [2.24, 2.45) is 5.92 Å². The third-order valence-electron chi connectivity index (χ3n) is 6.04. The van der Waals surface area contributed by atoms with E-state index in [-0.39, 0.29) is 5.91 Å². The molecule has 2 atom stereocenters. The summed E-state index contributed by atoms with van der Waals surface area (Å²) >= 11 is 0. The number of carbonyl (C=O) groups excluding carboxylic acids is 2. The molecule has 6 heteroatoms. The van der Waals surface area contributed by atoms with Crippen LogP contribution in [0.5, 0.6) is 0 Å². The molecule has 1 amide bonds. The minimum Gasteiger partial charge on any atom is -0.449 e. The number of esters is 1. The Morgan fingerprint density at radius 2 is 2.03 bits per heavy atom. The van der Waals surface area contributed by atoms with Crippen molar-refractivity contribution in [3.8, 4) is 0 Å². The van der Waals surface area contributed by atoms with Crippen LogP contribution in [-0.2, 0) is 22.5 Å². The molecule has 29 heavy (non-hydrogen) atoms. The second-order valence-electron chi connectivity index (χ2n) is 8.50. The number of pyridine rings is 1. The van der Waals surface area contributed by atoms with Gasteiger partial charge in [-0.1, -0.05) is 25.1 Å². The molecule has 1 aromatic heterocycles. The topological polar surface area (TPSA) is 62.7 Å². The summed E-state index contributed by atoms with van der Waals surface area (Å²) in [5.74, 6) is -0.0439. The average Bonchev–Trinajstić information content (AvgIpc) is 2.71. The lowest BCUT2D eigenvalue weighted by Crippen LogP contribution is -2.45. The highest BCUT2D eigenvalue weighted by molar-refractivity contribution is 6.05. The van der Waals surface area contributed by atoms with E-state index in [1.807, 2.05) is 36.2 Å². The molecule has 154 valence electrons. The summed E-state index contributed by atoms with van der Waals surface area (Å²) in [6.07, 6.45) is 2.15. The van der Waals surface area contributed by atoms with Crippen molar-refractivity contribution in [3.63, 3.8) is 0 Å². The van der Waals surface area contributed by atoms with E-state index < -0.39 is 12.1 Å². The first kappa shape index (κ1) is 19.8. The van der Waals surface area contributed by atoms with Crippen molar-refractivity contribution in [2.45, 2.75) is 45.8 Å². The van der Waals surface area contributed by atoms with E-state index in [9.17, 15) is 9.59 Å². The minimum atomic E-state index is -0.795. The molecular formula is C23H29N3O3. The third kappa shape index (κ3) is 3.99. The number of ether oxygens (including phenoxy) is 1. The van der Waals surface area contributed by atoms with Gasteiger partial charge in [0, 0.05) is 49.2 Å². The average molecular weight is 396 g/mol. The predicted molar refractivity (Wildman–Crippen MR) is 112 cm³/mol. The van der Waals surface area contributed by atoms with E-state index in [1.165, 1.54) is 0 Å². The Bertz CT molecular complexity index is 942. The van der Waals surface area contributed by atoms with Crippen LogP contribution in [0, 0.1) is 5.92 Å². The monoisotopic (exact) mass is 395 g/mol. The molecule has 6 nitrogen and oxygen atoms in total. The zero-order valence-electron chi connectivity index (χ0n) is 17.5. The van der Waals surface area contributed by atoms with E-state index in [2.05, 4.69) is 11.8 Å². The van der Waals surface area contributed by atoms with Crippen molar-refractivity contribution in [3.05, 3.63) is 41.1 Å². The molecule has 0 bridgehead atoms. The second-order valence-corrected chi connectivity index (χ2v) is 8.50. The van der Waals surface area contributed by atoms with Gasteiger partial charge in [0.2, 0.25) is 0 Å². The molecule has 2 aliphatic heterocycles. The van der Waals surface area contributed by atoms with Crippen LogP contribution in [0.25, 0.3) is 10.9 Å². The highest BCUT2D eigenvalue weighted by atomic mass is 16.5. The molecule has 0 aliphatic carbocycles. The number of carbonyl (C=O) groups is 2. The van der Waals surface area contributed by atoms with Gasteiger partial charge in [-0.2, -0.15) is 0 Å². The number of para-hydroxylation sites is 1. The molecule has 0 N–H and O–H groups in total. The van der Waals surface area contributed by atoms with Gasteiger partial charge in [0.15, 0.2) is 6.10 Å². The number of likely N-dealkylation sites (tertiary alicyclic amines) is 1. The Balaban J connectivity index is 1.63. The summed E-state index contributed by atoms with van der Waals surface area (Å²) in [6.45, 7) is 6.88. The van der Waals surface area contributed by atoms with Gasteiger partial charge < -0.3 is 14.5 Å². The maximum Gasteiger partial charge on any atom is 0.339 e. The molecule has 0 radical (unpaired) electrons. The van der Waals surface area contributed by atoms with Crippen molar-refractivity contribution < 1.29 is 14.3 Å². The highest BCUT2D eigenvalue weighted by Gasteiger charge is 2.30. The van der Waals surface area contributed by atoms with Crippen LogP contribution in [0.3, 0.4) is 0 Å². The summed E-state index contributed by atoms with van der Waals surface area (Å²) in [5, 5.41) is 0.790. The summed E-state index contributed by atoms with van der Waals surface area (Å²) in [4.78, 5) is 34.9. The zero-order chi connectivity index (χ0) is 20.5. The molecule has 0 unspecified atom stereocenters. The molecule has 2 aliphatic rings. The van der Waals surface area contributed by atoms with Crippen LogP contribution >= 0.6 is 0 Å². The second kappa shape index (κ2) is 8.11. The fourth-order valence-corrected chi connectivity index (χ4v) is 4.47. The molecular weight excluding hydrogens is 366 g/mol. The number of hydrogen-bond acceptors (Lipinski definition) is 5. The lowest BCUT2D eigenvalue weighted by molar-refractivity contribution is -0.141. The Labute approximate surface area is 171 Å². The summed E-state index contributed by atoms with van der Waals surface area (Å²) in [5.41, 5.74) is 3.24. The first-order valence-electron chi connectivity index (χ1n) is 10.5. The van der Waals surface area contributed by atoms with E-state index >= 15 is 0 Å². The molecule has 0 saturated carbocycles. The fourth-order valence-electron chi connectivity index (χ4n) is 4.47. The molecule has 1 fully saturated rings. The summed E-state index contributed by atoms with van der Waals surface area (Å²) in [6, 6.07) is 7.67. The van der Waals surface area contributed by atoms with Crippen LogP contribution in [0.4, 0.5) is 0 Å². The van der Waals surface area contributed by atoms with Gasteiger partial charge in [-0.25, -0.2) is 4.79 Å². The number of hydrogen-bond donors (Lipinski definition) is 0. The van der Waals surface area contributed by atoms with E-state index in [0.29, 0.717) is 18.0 Å². The maximum absolute atomic E-state index is 13.3. The van der Waals surface area contributed by atoms with E-state index in [0.717, 1.165) is 61.1 Å². The predicted octanol–water partition coefficient (Wildman–Crippen LogP) is 3.03. The first-order valence-corrected chi connectivity index (χ1v) is 10.5. The third-order valence-corrected chi connectivity index (χ3v) is 6.04. The highest BCUT2D eigenvalue weighted by Crippen LogP contribution is 2.29. The molecule has 1 saturated heterocycles. The lowest BCUT2D eigenvalue weighted by Gasteiger charge is -2.32. The smallest absolute Gasteiger partial charge is 0.339 e. The van der Waals surface area contributed by atoms with Crippen LogP contribution in [0.2, 0.25) is 0 Å². The van der Waals surface area contributed by atoms with Crippen LogP contribution in [0.1, 0.15) is 48.3 Å². The van der Waals surface area contributed by atoms with Gasteiger partial charge in [-0.15, -0.1) is 0 Å². The van der Waals surface area contributed by atoms with Gasteiger partial charge >= 0.3 is 5.97 Å². The number of likely N-dealkylation sites (N-methyl/N-ethyl adjacent to an activating group) is 1. The van der Waals surface area contributed by atoms with Gasteiger partial charge in [0.05, 0.1) is 11.1 Å². The number of aromatic nitrogens is 1. The van der Waals surface area contributed by atoms with Gasteiger partial charge in [0.1, 0.15) is 0 Å².